The molecule has 1 aromatic rings. The van der Waals surface area contributed by atoms with E-state index in [1.165, 1.54) is 0 Å². The normalized spacial score (nSPS) is 23.5. The van der Waals surface area contributed by atoms with Crippen molar-refractivity contribution in [2.75, 3.05) is 11.9 Å². The number of carbonyl (C=O) groups is 3. The first-order valence-electron chi connectivity index (χ1n) is 11.3. The lowest BCUT2D eigenvalue weighted by molar-refractivity contribution is -0.121. The molecule has 0 aromatic carbocycles. The Hall–Kier alpha value is -2.42. The number of hydrogen-bond acceptors (Lipinski definition) is 5. The fourth-order valence-electron chi connectivity index (χ4n) is 4.29. The number of aromatic nitrogens is 1. The van der Waals surface area contributed by atoms with Crippen LogP contribution in [0.4, 0.5) is 10.6 Å². The smallest absolute Gasteiger partial charge is 0.411 e. The molecule has 0 radical (unpaired) electrons. The van der Waals surface area contributed by atoms with Crippen molar-refractivity contribution in [2.24, 2.45) is 5.41 Å². The van der Waals surface area contributed by atoms with Crippen LogP contribution >= 0.6 is 15.9 Å². The minimum Gasteiger partial charge on any atom is -0.444 e. The molecule has 180 valence electrons. The Bertz CT molecular complexity index is 945. The van der Waals surface area contributed by atoms with Crippen LogP contribution in [-0.2, 0) is 14.3 Å². The lowest BCUT2D eigenvalue weighted by atomic mass is 9.99. The molecular weight excluding hydrogens is 488 g/mol. The van der Waals surface area contributed by atoms with Gasteiger partial charge in [-0.05, 0) is 80.9 Å². The summed E-state index contributed by atoms with van der Waals surface area (Å²) in [6, 6.07) is 2.81. The van der Waals surface area contributed by atoms with Crippen LogP contribution in [-0.4, -0.2) is 52.0 Å². The Kier molecular flexibility index (Phi) is 7.51. The quantitative estimate of drug-likeness (QED) is 0.301. The van der Waals surface area contributed by atoms with Crippen molar-refractivity contribution in [1.82, 2.24) is 15.2 Å². The van der Waals surface area contributed by atoms with Crippen LogP contribution in [0.5, 0.6) is 0 Å². The number of amides is 3. The highest BCUT2D eigenvalue weighted by atomic mass is 79.9. The number of carbonyl (C=O) groups excluding carboxylic acids is 3. The van der Waals surface area contributed by atoms with E-state index in [0.717, 1.165) is 24.8 Å². The van der Waals surface area contributed by atoms with E-state index in [1.54, 1.807) is 37.8 Å². The van der Waals surface area contributed by atoms with Crippen molar-refractivity contribution >= 4 is 39.7 Å². The van der Waals surface area contributed by atoms with Crippen LogP contribution in [0.2, 0.25) is 0 Å². The molecule has 3 rings (SSSR count). The molecule has 2 heterocycles. The Morgan fingerprint density at radius 1 is 1.33 bits per heavy atom. The van der Waals surface area contributed by atoms with E-state index in [0.29, 0.717) is 29.8 Å². The molecular formula is C24H33BrN4O4. The molecule has 8 nitrogen and oxygen atoms in total. The molecule has 2 N–H and O–H groups in total. The van der Waals surface area contributed by atoms with Gasteiger partial charge < -0.3 is 15.4 Å². The van der Waals surface area contributed by atoms with Crippen LogP contribution in [0.3, 0.4) is 0 Å². The molecule has 1 saturated carbocycles. The summed E-state index contributed by atoms with van der Waals surface area (Å²) in [5.74, 6) is 0.115. The third-order valence-corrected chi connectivity index (χ3v) is 6.52. The van der Waals surface area contributed by atoms with Crippen molar-refractivity contribution in [3.05, 3.63) is 35.0 Å². The molecule has 33 heavy (non-hydrogen) atoms. The van der Waals surface area contributed by atoms with Gasteiger partial charge in [-0.1, -0.05) is 12.1 Å². The number of nitrogens with zero attached hydrogens (tertiary/aromatic N) is 2. The maximum Gasteiger partial charge on any atom is 0.411 e. The highest BCUT2D eigenvalue weighted by Crippen LogP contribution is 2.59. The predicted octanol–water partition coefficient (Wildman–Crippen LogP) is 4.33. The van der Waals surface area contributed by atoms with E-state index in [1.807, 2.05) is 13.0 Å². The summed E-state index contributed by atoms with van der Waals surface area (Å²) in [7, 11) is 0. The molecule has 1 aliphatic carbocycles. The standard InChI is InChI=1S/C24H33BrN4O4/c1-6-7-8-9-19(30)26-14-24-12-16(21(31)28-20-15(2)10-11-18(25)27-20)29(17(24)13-24)22(32)33-23(3,4)5/h6,10-11,16-17H,1,7-9,12-14H2,2-5H3,(H,26,30)(H,27,28,31)/t16-,17+,24-/m0/s1. The van der Waals surface area contributed by atoms with E-state index >= 15 is 0 Å². The number of piperidine rings is 1. The molecule has 3 amide bonds. The number of fused-ring (bicyclic) bond motifs is 1. The van der Waals surface area contributed by atoms with Gasteiger partial charge in [0.15, 0.2) is 0 Å². The number of allylic oxidation sites excluding steroid dienone is 1. The monoisotopic (exact) mass is 520 g/mol. The summed E-state index contributed by atoms with van der Waals surface area (Å²) >= 11 is 3.33. The number of nitrogens with one attached hydrogen (secondary N) is 2. The first-order valence-corrected chi connectivity index (χ1v) is 12.1. The second-order valence-electron chi connectivity index (χ2n) is 9.94. The fraction of sp³-hybridized carbons (Fsp3) is 0.583. The zero-order chi connectivity index (χ0) is 24.4. The van der Waals surface area contributed by atoms with Gasteiger partial charge in [-0.15, -0.1) is 6.58 Å². The summed E-state index contributed by atoms with van der Waals surface area (Å²) in [4.78, 5) is 44.4. The van der Waals surface area contributed by atoms with Crippen molar-refractivity contribution in [3.8, 4) is 0 Å². The van der Waals surface area contributed by atoms with E-state index in [9.17, 15) is 14.4 Å². The van der Waals surface area contributed by atoms with Crippen molar-refractivity contribution in [2.45, 2.75) is 77.5 Å². The molecule has 0 unspecified atom stereocenters. The summed E-state index contributed by atoms with van der Waals surface area (Å²) in [6.07, 6.45) is 4.45. The Morgan fingerprint density at radius 2 is 2.06 bits per heavy atom. The maximum atomic E-state index is 13.3. The van der Waals surface area contributed by atoms with Crippen LogP contribution in [0, 0.1) is 12.3 Å². The van der Waals surface area contributed by atoms with Crippen molar-refractivity contribution in [1.29, 1.82) is 0 Å². The summed E-state index contributed by atoms with van der Waals surface area (Å²) in [5, 5.41) is 5.87. The van der Waals surface area contributed by atoms with Gasteiger partial charge in [0.1, 0.15) is 22.1 Å². The van der Waals surface area contributed by atoms with E-state index < -0.39 is 17.7 Å². The number of likely N-dealkylation sites (tertiary alicyclic amines) is 1. The number of halogens is 1. The van der Waals surface area contributed by atoms with E-state index in [2.05, 4.69) is 38.1 Å². The number of aryl methyl sites for hydroxylation is 1. The van der Waals surface area contributed by atoms with Gasteiger partial charge in [0, 0.05) is 24.4 Å². The maximum absolute atomic E-state index is 13.3. The van der Waals surface area contributed by atoms with Crippen LogP contribution in [0.1, 0.15) is 58.4 Å². The minimum atomic E-state index is -0.698. The van der Waals surface area contributed by atoms with E-state index in [4.69, 9.17) is 4.74 Å². The van der Waals surface area contributed by atoms with Crippen molar-refractivity contribution < 1.29 is 19.1 Å². The summed E-state index contributed by atoms with van der Waals surface area (Å²) in [5.41, 5.74) is -0.174. The van der Waals surface area contributed by atoms with E-state index in [-0.39, 0.29) is 23.3 Å². The zero-order valence-electron chi connectivity index (χ0n) is 19.7. The van der Waals surface area contributed by atoms with Gasteiger partial charge in [0.2, 0.25) is 11.8 Å². The molecule has 1 aliphatic heterocycles. The molecule has 2 aliphatic rings. The lowest BCUT2D eigenvalue weighted by Gasteiger charge is -2.29. The Morgan fingerprint density at radius 3 is 2.73 bits per heavy atom. The molecule has 0 bridgehead atoms. The minimum absolute atomic E-state index is 0.0254. The number of pyridine rings is 1. The number of anilines is 1. The highest BCUT2D eigenvalue weighted by molar-refractivity contribution is 9.10. The summed E-state index contributed by atoms with van der Waals surface area (Å²) < 4.78 is 6.22. The number of ether oxygens (including phenoxy) is 1. The second-order valence-corrected chi connectivity index (χ2v) is 10.7. The highest BCUT2D eigenvalue weighted by Gasteiger charge is 2.67. The molecule has 2 fully saturated rings. The number of rotatable bonds is 8. The SMILES string of the molecule is C=CCCCC(=O)NC[C@@]12C[C@@H](C(=O)Nc3nc(Br)ccc3C)N(C(=O)OC(C)(C)C)[C@@H]1C2. The average molecular weight is 521 g/mol. The first kappa shape index (κ1) is 25.2. The third kappa shape index (κ3) is 6.13. The molecule has 1 saturated heterocycles. The van der Waals surface area contributed by atoms with Crippen LogP contribution in [0.25, 0.3) is 0 Å². The second kappa shape index (κ2) is 9.83. The largest absolute Gasteiger partial charge is 0.444 e. The fourth-order valence-corrected chi connectivity index (χ4v) is 4.60. The topological polar surface area (TPSA) is 101 Å². The van der Waals surface area contributed by atoms with Gasteiger partial charge >= 0.3 is 6.09 Å². The van der Waals surface area contributed by atoms with Gasteiger partial charge in [-0.2, -0.15) is 0 Å². The summed E-state index contributed by atoms with van der Waals surface area (Å²) in [6.45, 7) is 11.4. The predicted molar refractivity (Wildman–Crippen MR) is 130 cm³/mol. The van der Waals surface area contributed by atoms with Crippen LogP contribution in [0.15, 0.2) is 29.4 Å². The molecule has 9 heteroatoms. The molecule has 1 aromatic heterocycles. The Balaban J connectivity index is 1.74. The molecule has 0 spiro atoms. The van der Waals surface area contributed by atoms with Crippen LogP contribution < -0.4 is 10.6 Å². The average Bonchev–Trinajstić information content (AvgIpc) is 3.31. The number of unbranched alkanes of at least 4 members (excludes halogenated alkanes) is 1. The first-order chi connectivity index (χ1) is 15.5. The van der Waals surface area contributed by atoms with Gasteiger partial charge in [-0.3, -0.25) is 14.5 Å². The van der Waals surface area contributed by atoms with Crippen molar-refractivity contribution in [3.63, 3.8) is 0 Å². The zero-order valence-corrected chi connectivity index (χ0v) is 21.3. The molecule has 3 atom stereocenters. The number of hydrogen-bond donors (Lipinski definition) is 2. The lowest BCUT2D eigenvalue weighted by Crippen LogP contribution is -2.47. The van der Waals surface area contributed by atoms with Gasteiger partial charge in [0.05, 0.1) is 0 Å². The Labute approximate surface area is 203 Å². The van der Waals surface area contributed by atoms with Gasteiger partial charge in [-0.25, -0.2) is 9.78 Å². The van der Waals surface area contributed by atoms with Gasteiger partial charge in [0.25, 0.3) is 0 Å². The third-order valence-electron chi connectivity index (χ3n) is 6.08.